The van der Waals surface area contributed by atoms with Crippen molar-refractivity contribution in [2.75, 3.05) is 11.4 Å². The van der Waals surface area contributed by atoms with E-state index in [-0.39, 0.29) is 0 Å². The average Bonchev–Trinajstić information content (AvgIpc) is 3.11. The molecule has 26 heavy (non-hydrogen) atoms. The second-order valence-corrected chi connectivity index (χ2v) is 6.72. The minimum Gasteiger partial charge on any atom is -0.325 e. The first-order valence-corrected chi connectivity index (χ1v) is 8.99. The number of hydrogen-bond acceptors (Lipinski definition) is 3. The van der Waals surface area contributed by atoms with Gasteiger partial charge in [0, 0.05) is 17.6 Å². The van der Waals surface area contributed by atoms with Crippen LogP contribution >= 0.6 is 0 Å². The summed E-state index contributed by atoms with van der Waals surface area (Å²) in [6.45, 7) is 2.92. The van der Waals surface area contributed by atoms with Gasteiger partial charge < -0.3 is 4.90 Å². The first-order chi connectivity index (χ1) is 12.8. The van der Waals surface area contributed by atoms with Crippen LogP contribution in [-0.4, -0.2) is 16.5 Å². The van der Waals surface area contributed by atoms with Crippen LogP contribution in [0.1, 0.15) is 11.4 Å². The molecule has 0 aliphatic carbocycles. The van der Waals surface area contributed by atoms with Crippen molar-refractivity contribution in [1.29, 1.82) is 0 Å². The van der Waals surface area contributed by atoms with E-state index in [1.807, 2.05) is 13.0 Å². The molecule has 0 saturated heterocycles. The maximum absolute atomic E-state index is 4.78. The number of benzene rings is 3. The number of fused-ring (bicyclic) bond motifs is 2. The molecule has 1 aromatic heterocycles. The lowest BCUT2D eigenvalue weighted by Crippen LogP contribution is -2.16. The summed E-state index contributed by atoms with van der Waals surface area (Å²) < 4.78 is 0. The Morgan fingerprint density at radius 2 is 1.62 bits per heavy atom. The van der Waals surface area contributed by atoms with Crippen molar-refractivity contribution in [1.82, 2.24) is 9.97 Å². The number of aromatic nitrogens is 2. The largest absolute Gasteiger partial charge is 0.325 e. The molecule has 0 bridgehead atoms. The molecule has 126 valence electrons. The van der Waals surface area contributed by atoms with E-state index in [2.05, 4.69) is 76.6 Å². The van der Waals surface area contributed by atoms with E-state index in [0.29, 0.717) is 0 Å². The van der Waals surface area contributed by atoms with Crippen LogP contribution in [0.3, 0.4) is 0 Å². The predicted molar refractivity (Wildman–Crippen MR) is 107 cm³/mol. The van der Waals surface area contributed by atoms with Crippen molar-refractivity contribution >= 4 is 22.4 Å². The Morgan fingerprint density at radius 1 is 0.808 bits per heavy atom. The van der Waals surface area contributed by atoms with Crippen LogP contribution in [0.25, 0.3) is 22.0 Å². The highest BCUT2D eigenvalue weighted by molar-refractivity contribution is 5.92. The van der Waals surface area contributed by atoms with Crippen LogP contribution < -0.4 is 4.90 Å². The van der Waals surface area contributed by atoms with Gasteiger partial charge in [0.15, 0.2) is 0 Å². The fourth-order valence-electron chi connectivity index (χ4n) is 3.81. The molecule has 0 amide bonds. The first-order valence-electron chi connectivity index (χ1n) is 8.99. The summed E-state index contributed by atoms with van der Waals surface area (Å²) in [5, 5.41) is 1.11. The summed E-state index contributed by atoms with van der Waals surface area (Å²) in [6, 6.07) is 25.6. The lowest BCUT2D eigenvalue weighted by molar-refractivity contribution is 0.960. The Kier molecular flexibility index (Phi) is 3.45. The number of para-hydroxylation sites is 1. The number of hydrogen-bond donors (Lipinski definition) is 0. The predicted octanol–water partition coefficient (Wildman–Crippen LogP) is 5.30. The molecule has 0 saturated carbocycles. The van der Waals surface area contributed by atoms with Gasteiger partial charge in [0.2, 0.25) is 0 Å². The topological polar surface area (TPSA) is 29.0 Å². The van der Waals surface area contributed by atoms with Gasteiger partial charge in [-0.15, -0.1) is 0 Å². The highest BCUT2D eigenvalue weighted by Crippen LogP contribution is 2.38. The van der Waals surface area contributed by atoms with Crippen LogP contribution in [0.4, 0.5) is 11.5 Å². The van der Waals surface area contributed by atoms with E-state index >= 15 is 0 Å². The minimum absolute atomic E-state index is 0.813. The van der Waals surface area contributed by atoms with Crippen LogP contribution in [0.2, 0.25) is 0 Å². The third-order valence-corrected chi connectivity index (χ3v) is 5.03. The Bertz CT molecular complexity index is 1100. The fraction of sp³-hybridized carbons (Fsp3) is 0.130. The lowest BCUT2D eigenvalue weighted by atomic mass is 10.0. The molecule has 3 nitrogen and oxygen atoms in total. The second-order valence-electron chi connectivity index (χ2n) is 6.72. The quantitative estimate of drug-likeness (QED) is 0.497. The van der Waals surface area contributed by atoms with Gasteiger partial charge in [0.25, 0.3) is 0 Å². The van der Waals surface area contributed by atoms with E-state index in [0.717, 1.165) is 35.5 Å². The molecule has 2 heterocycles. The van der Waals surface area contributed by atoms with Gasteiger partial charge in [0.05, 0.1) is 5.52 Å². The second kappa shape index (κ2) is 5.95. The molecule has 5 rings (SSSR count). The molecular formula is C23H19N3. The molecule has 3 aromatic carbocycles. The normalized spacial score (nSPS) is 13.2. The van der Waals surface area contributed by atoms with Crippen molar-refractivity contribution in [3.63, 3.8) is 0 Å². The Morgan fingerprint density at radius 3 is 2.50 bits per heavy atom. The number of nitrogens with zero attached hydrogens (tertiary/aromatic N) is 3. The zero-order valence-electron chi connectivity index (χ0n) is 14.7. The maximum Gasteiger partial charge on any atom is 0.144 e. The fourth-order valence-corrected chi connectivity index (χ4v) is 3.81. The summed E-state index contributed by atoms with van der Waals surface area (Å²) in [7, 11) is 0. The molecule has 0 radical (unpaired) electrons. The monoisotopic (exact) mass is 337 g/mol. The highest BCUT2D eigenvalue weighted by atomic mass is 15.2. The molecule has 0 atom stereocenters. The third kappa shape index (κ3) is 2.44. The maximum atomic E-state index is 4.78. The molecule has 1 aliphatic rings. The summed E-state index contributed by atoms with van der Waals surface area (Å²) in [5.41, 5.74) is 6.18. The summed E-state index contributed by atoms with van der Waals surface area (Å²) in [4.78, 5) is 11.7. The Labute approximate surface area is 153 Å². The first kappa shape index (κ1) is 15.1. The van der Waals surface area contributed by atoms with Gasteiger partial charge in [-0.1, -0.05) is 48.5 Å². The highest BCUT2D eigenvalue weighted by Gasteiger charge is 2.24. The standard InChI is InChI=1S/C23H19N3/c1-16-24-21-10-6-5-9-20(21)23(25-16)26-14-13-19-15-18(11-12-22(19)26)17-7-3-2-4-8-17/h2-12,15H,13-14H2,1H3. The zero-order valence-corrected chi connectivity index (χ0v) is 14.7. The van der Waals surface area contributed by atoms with Crippen molar-refractivity contribution < 1.29 is 0 Å². The van der Waals surface area contributed by atoms with Crippen molar-refractivity contribution in [2.45, 2.75) is 13.3 Å². The summed E-state index contributed by atoms with van der Waals surface area (Å²) >= 11 is 0. The molecule has 0 spiro atoms. The molecule has 0 fully saturated rings. The van der Waals surface area contributed by atoms with Gasteiger partial charge in [0.1, 0.15) is 11.6 Å². The van der Waals surface area contributed by atoms with Crippen LogP contribution in [0.5, 0.6) is 0 Å². The molecule has 4 aromatic rings. The van der Waals surface area contributed by atoms with Gasteiger partial charge in [-0.25, -0.2) is 9.97 Å². The van der Waals surface area contributed by atoms with Gasteiger partial charge in [-0.05, 0) is 54.3 Å². The Balaban J connectivity index is 1.61. The van der Waals surface area contributed by atoms with Crippen molar-refractivity contribution in [3.8, 4) is 11.1 Å². The van der Waals surface area contributed by atoms with E-state index in [9.17, 15) is 0 Å². The number of aryl methyl sites for hydroxylation is 1. The van der Waals surface area contributed by atoms with Crippen LogP contribution in [0, 0.1) is 6.92 Å². The van der Waals surface area contributed by atoms with Crippen molar-refractivity contribution in [2.24, 2.45) is 0 Å². The van der Waals surface area contributed by atoms with E-state index in [4.69, 9.17) is 4.98 Å². The lowest BCUT2D eigenvalue weighted by Gasteiger charge is -2.20. The summed E-state index contributed by atoms with van der Waals surface area (Å²) in [6.07, 6.45) is 1.04. The smallest absolute Gasteiger partial charge is 0.144 e. The van der Waals surface area contributed by atoms with Gasteiger partial charge >= 0.3 is 0 Å². The average molecular weight is 337 g/mol. The van der Waals surface area contributed by atoms with E-state index in [1.54, 1.807) is 0 Å². The van der Waals surface area contributed by atoms with E-state index in [1.165, 1.54) is 22.4 Å². The van der Waals surface area contributed by atoms with Crippen molar-refractivity contribution in [3.05, 3.63) is 84.2 Å². The summed E-state index contributed by atoms with van der Waals surface area (Å²) in [5.74, 6) is 1.83. The van der Waals surface area contributed by atoms with Crippen LogP contribution in [0.15, 0.2) is 72.8 Å². The minimum atomic E-state index is 0.813. The zero-order chi connectivity index (χ0) is 17.5. The molecule has 3 heteroatoms. The molecule has 0 N–H and O–H groups in total. The molecule has 0 unspecified atom stereocenters. The van der Waals surface area contributed by atoms with Crippen LogP contribution in [-0.2, 0) is 6.42 Å². The SMILES string of the molecule is Cc1nc(N2CCc3cc(-c4ccccc4)ccc32)c2ccccc2n1. The molecule has 1 aliphatic heterocycles. The van der Waals surface area contributed by atoms with E-state index < -0.39 is 0 Å². The van der Waals surface area contributed by atoms with Gasteiger partial charge in [-0.3, -0.25) is 0 Å². The molecular weight excluding hydrogens is 318 g/mol. The Hall–Kier alpha value is -3.20. The third-order valence-electron chi connectivity index (χ3n) is 5.03. The number of rotatable bonds is 2. The van der Waals surface area contributed by atoms with Gasteiger partial charge in [-0.2, -0.15) is 0 Å². The number of anilines is 2.